The molecule has 0 saturated carbocycles. The van der Waals surface area contributed by atoms with Gasteiger partial charge < -0.3 is 11.1 Å². The lowest BCUT2D eigenvalue weighted by atomic mass is 9.84. The largest absolute Gasteiger partial charge is 0.366 e. The summed E-state index contributed by atoms with van der Waals surface area (Å²) in [5, 5.41) is 9.58. The monoisotopic (exact) mass is 489 g/mol. The molecule has 1 aromatic heterocycles. The third-order valence-electron chi connectivity index (χ3n) is 5.59. The van der Waals surface area contributed by atoms with Crippen LogP contribution < -0.4 is 11.1 Å². The Hall–Kier alpha value is -3.64. The Morgan fingerprint density at radius 3 is 2.35 bits per heavy atom. The highest BCUT2D eigenvalue weighted by Crippen LogP contribution is 2.38. The van der Waals surface area contributed by atoms with Gasteiger partial charge in [-0.2, -0.15) is 9.40 Å². The topological polar surface area (TPSA) is 138 Å². The van der Waals surface area contributed by atoms with Gasteiger partial charge in [-0.15, -0.1) is 0 Å². The second-order valence-corrected chi connectivity index (χ2v) is 10.5. The highest BCUT2D eigenvalue weighted by Gasteiger charge is 2.41. The second kappa shape index (κ2) is 8.29. The summed E-state index contributed by atoms with van der Waals surface area (Å²) >= 11 is 0. The van der Waals surface area contributed by atoms with Crippen LogP contribution in [-0.4, -0.2) is 41.3 Å². The summed E-state index contributed by atoms with van der Waals surface area (Å²) in [7, 11) is -4.28. The molecule has 0 unspecified atom stereocenters. The second-order valence-electron chi connectivity index (χ2n) is 8.55. The Labute approximate surface area is 194 Å². The molecular weight excluding hydrogens is 468 g/mol. The zero-order valence-electron chi connectivity index (χ0n) is 18.2. The number of aromatic nitrogens is 2. The van der Waals surface area contributed by atoms with Crippen molar-refractivity contribution in [2.45, 2.75) is 30.7 Å². The molecule has 2 aromatic carbocycles. The van der Waals surface area contributed by atoms with E-state index in [4.69, 9.17) is 5.73 Å². The molecule has 0 aliphatic carbocycles. The lowest BCUT2D eigenvalue weighted by Gasteiger charge is -2.36. The number of rotatable bonds is 5. The smallest absolute Gasteiger partial charge is 0.257 e. The molecule has 0 radical (unpaired) electrons. The summed E-state index contributed by atoms with van der Waals surface area (Å²) in [6, 6.07) is 8.05. The number of fused-ring (bicyclic) bond motifs is 1. The van der Waals surface area contributed by atoms with E-state index in [0.717, 1.165) is 16.4 Å². The molecule has 0 saturated heterocycles. The summed E-state index contributed by atoms with van der Waals surface area (Å²) in [5.41, 5.74) is 5.61. The van der Waals surface area contributed by atoms with Gasteiger partial charge in [0.1, 0.15) is 11.6 Å². The van der Waals surface area contributed by atoms with Gasteiger partial charge in [0, 0.05) is 35.8 Å². The summed E-state index contributed by atoms with van der Waals surface area (Å²) in [5.74, 6) is -3.40. The third kappa shape index (κ3) is 4.17. The average molecular weight is 490 g/mol. The quantitative estimate of drug-likeness (QED) is 0.506. The maximum absolute atomic E-state index is 13.7. The Kier molecular flexibility index (Phi) is 5.74. The molecule has 12 heteroatoms. The third-order valence-corrected chi connectivity index (χ3v) is 7.36. The van der Waals surface area contributed by atoms with Gasteiger partial charge in [0.2, 0.25) is 15.9 Å². The van der Waals surface area contributed by atoms with Gasteiger partial charge >= 0.3 is 0 Å². The highest BCUT2D eigenvalue weighted by molar-refractivity contribution is 7.89. The molecule has 0 bridgehead atoms. The number of aromatic amines is 1. The first kappa shape index (κ1) is 23.5. The van der Waals surface area contributed by atoms with Crippen molar-refractivity contribution in [1.82, 2.24) is 14.5 Å². The van der Waals surface area contributed by atoms with Crippen molar-refractivity contribution in [3.05, 3.63) is 76.5 Å². The molecule has 1 aliphatic rings. The van der Waals surface area contributed by atoms with Crippen LogP contribution in [0.5, 0.6) is 0 Å². The zero-order chi connectivity index (χ0) is 24.8. The van der Waals surface area contributed by atoms with E-state index in [9.17, 15) is 26.8 Å². The van der Waals surface area contributed by atoms with Crippen molar-refractivity contribution in [2.75, 3.05) is 11.9 Å². The van der Waals surface area contributed by atoms with Crippen LogP contribution in [0.2, 0.25) is 0 Å². The fraction of sp³-hybridized carbons (Fsp3) is 0.227. The van der Waals surface area contributed by atoms with E-state index in [1.807, 2.05) is 0 Å². The van der Waals surface area contributed by atoms with Gasteiger partial charge in [-0.05, 0) is 24.3 Å². The number of nitrogens with zero attached hydrogens (tertiary/aromatic N) is 2. The van der Waals surface area contributed by atoms with E-state index in [2.05, 4.69) is 15.5 Å². The standard InChI is InChI=1S/C22H21F2N5O4S/c1-22(2)11-29(34(32,33)14-8-12(23)7-13(24)9-14)10-17-18(22)27-28-20(17)26-21(31)16-6-4-3-5-15(16)19(25)30/h3-9H,10-11H2,1-2H3,(H2,25,30)(H2,26,27,28,31). The van der Waals surface area contributed by atoms with Gasteiger partial charge in [0.15, 0.2) is 5.82 Å². The molecule has 4 N–H and O–H groups in total. The van der Waals surface area contributed by atoms with Crippen molar-refractivity contribution in [1.29, 1.82) is 0 Å². The molecule has 34 heavy (non-hydrogen) atoms. The number of nitrogens with two attached hydrogens (primary N) is 1. The van der Waals surface area contributed by atoms with E-state index >= 15 is 0 Å². The Balaban J connectivity index is 1.70. The number of nitrogens with one attached hydrogen (secondary N) is 2. The van der Waals surface area contributed by atoms with Gasteiger partial charge in [0.05, 0.1) is 16.0 Å². The minimum atomic E-state index is -4.28. The number of hydrogen-bond donors (Lipinski definition) is 3. The van der Waals surface area contributed by atoms with Gasteiger partial charge in [-0.3, -0.25) is 14.7 Å². The predicted molar refractivity (Wildman–Crippen MR) is 118 cm³/mol. The van der Waals surface area contributed by atoms with Crippen molar-refractivity contribution < 1.29 is 26.8 Å². The number of amides is 2. The molecule has 2 heterocycles. The van der Waals surface area contributed by atoms with Gasteiger partial charge in [-0.25, -0.2) is 17.2 Å². The van der Waals surface area contributed by atoms with E-state index < -0.39 is 43.8 Å². The van der Waals surface area contributed by atoms with Crippen LogP contribution >= 0.6 is 0 Å². The number of hydrogen-bond acceptors (Lipinski definition) is 5. The summed E-state index contributed by atoms with van der Waals surface area (Å²) in [6.07, 6.45) is 0. The fourth-order valence-electron chi connectivity index (χ4n) is 4.00. The maximum atomic E-state index is 13.7. The molecule has 4 rings (SSSR count). The van der Waals surface area contributed by atoms with Crippen LogP contribution in [0.25, 0.3) is 0 Å². The normalized spacial score (nSPS) is 15.5. The molecule has 0 fully saturated rings. The van der Waals surface area contributed by atoms with Crippen molar-refractivity contribution in [3.8, 4) is 0 Å². The average Bonchev–Trinajstić information content (AvgIpc) is 3.16. The summed E-state index contributed by atoms with van der Waals surface area (Å²) in [6.45, 7) is 3.33. The number of benzene rings is 2. The van der Waals surface area contributed by atoms with Crippen LogP contribution in [0.4, 0.5) is 14.6 Å². The van der Waals surface area contributed by atoms with Gasteiger partial charge in [0.25, 0.3) is 5.91 Å². The maximum Gasteiger partial charge on any atom is 0.257 e. The SMILES string of the molecule is CC1(C)CN(S(=O)(=O)c2cc(F)cc(F)c2)Cc2c(NC(=O)c3ccccc3C(N)=O)n[nH]c21. The van der Waals surface area contributed by atoms with Crippen LogP contribution in [0.3, 0.4) is 0 Å². The summed E-state index contributed by atoms with van der Waals surface area (Å²) < 4.78 is 54.9. The Bertz CT molecular complexity index is 1400. The number of carbonyl (C=O) groups excluding carboxylic acids is 2. The molecule has 0 spiro atoms. The fourth-order valence-corrected chi connectivity index (χ4v) is 5.61. The van der Waals surface area contributed by atoms with Crippen LogP contribution in [-0.2, 0) is 22.0 Å². The van der Waals surface area contributed by atoms with Gasteiger partial charge in [-0.1, -0.05) is 26.0 Å². The number of sulfonamides is 1. The minimum absolute atomic E-state index is 0.000550. The number of H-pyrrole nitrogens is 1. The van der Waals surface area contributed by atoms with Crippen LogP contribution in [0, 0.1) is 11.6 Å². The minimum Gasteiger partial charge on any atom is -0.366 e. The van der Waals surface area contributed by atoms with E-state index in [-0.39, 0.29) is 30.0 Å². The molecule has 2 amide bonds. The van der Waals surface area contributed by atoms with E-state index in [1.54, 1.807) is 26.0 Å². The number of anilines is 1. The molecule has 3 aromatic rings. The van der Waals surface area contributed by atoms with Crippen LogP contribution in [0.15, 0.2) is 47.4 Å². The lowest BCUT2D eigenvalue weighted by molar-refractivity contribution is 0.0977. The Morgan fingerprint density at radius 1 is 1.12 bits per heavy atom. The zero-order valence-corrected chi connectivity index (χ0v) is 19.0. The summed E-state index contributed by atoms with van der Waals surface area (Å²) in [4.78, 5) is 24.0. The van der Waals surface area contributed by atoms with Crippen molar-refractivity contribution >= 4 is 27.7 Å². The lowest BCUT2D eigenvalue weighted by Crippen LogP contribution is -2.45. The van der Waals surface area contributed by atoms with Crippen molar-refractivity contribution in [3.63, 3.8) is 0 Å². The predicted octanol–water partition coefficient (Wildman–Crippen LogP) is 2.52. The van der Waals surface area contributed by atoms with E-state index in [0.29, 0.717) is 17.3 Å². The first-order valence-electron chi connectivity index (χ1n) is 10.1. The number of primary amides is 1. The van der Waals surface area contributed by atoms with Crippen LogP contribution in [0.1, 0.15) is 45.8 Å². The molecule has 178 valence electrons. The number of carbonyl (C=O) groups is 2. The first-order chi connectivity index (χ1) is 15.9. The highest BCUT2D eigenvalue weighted by atomic mass is 32.2. The Morgan fingerprint density at radius 2 is 1.74 bits per heavy atom. The molecule has 1 aliphatic heterocycles. The first-order valence-corrected chi connectivity index (χ1v) is 11.6. The van der Waals surface area contributed by atoms with E-state index in [1.165, 1.54) is 12.1 Å². The van der Waals surface area contributed by atoms with Crippen molar-refractivity contribution in [2.24, 2.45) is 5.73 Å². The molecule has 0 atom stereocenters. The number of halogens is 2. The molecule has 9 nitrogen and oxygen atoms in total. The molecular formula is C22H21F2N5O4S.